The highest BCUT2D eigenvalue weighted by Gasteiger charge is 2.20. The summed E-state index contributed by atoms with van der Waals surface area (Å²) in [6, 6.07) is 15.1. The number of nitrogens with zero attached hydrogens (tertiary/aromatic N) is 3. The predicted molar refractivity (Wildman–Crippen MR) is 114 cm³/mol. The number of likely N-dealkylation sites (N-methyl/N-ethyl adjacent to an activating group) is 1. The van der Waals surface area contributed by atoms with Crippen molar-refractivity contribution < 1.29 is 9.50 Å². The summed E-state index contributed by atoms with van der Waals surface area (Å²) in [6.07, 6.45) is 0. The molecule has 28 heavy (non-hydrogen) atoms. The summed E-state index contributed by atoms with van der Waals surface area (Å²) in [5, 5.41) is 11.4. The summed E-state index contributed by atoms with van der Waals surface area (Å²) in [5.74, 6) is 0.563. The van der Waals surface area contributed by atoms with E-state index in [0.29, 0.717) is 5.56 Å². The zero-order valence-electron chi connectivity index (χ0n) is 15.5. The van der Waals surface area contributed by atoms with Gasteiger partial charge in [0.1, 0.15) is 11.6 Å². The van der Waals surface area contributed by atoms with Gasteiger partial charge in [-0.15, -0.1) is 0 Å². The smallest absolute Gasteiger partial charge is 0.137 e. The van der Waals surface area contributed by atoms with E-state index >= 15 is 0 Å². The van der Waals surface area contributed by atoms with Crippen LogP contribution < -0.4 is 4.90 Å². The van der Waals surface area contributed by atoms with Crippen LogP contribution in [-0.4, -0.2) is 47.7 Å². The van der Waals surface area contributed by atoms with Gasteiger partial charge in [0.05, 0.1) is 12.3 Å². The second-order valence-electron chi connectivity index (χ2n) is 6.94. The van der Waals surface area contributed by atoms with Crippen LogP contribution in [0.4, 0.5) is 10.2 Å². The van der Waals surface area contributed by atoms with Gasteiger partial charge >= 0.3 is 0 Å². The lowest BCUT2D eigenvalue weighted by molar-refractivity contribution is 0.271. The fraction of sp³-hybridized carbons (Fsp3) is 0.348. The minimum Gasteiger partial charge on any atom is -0.392 e. The first-order chi connectivity index (χ1) is 13.2. The maximum Gasteiger partial charge on any atom is 0.137 e. The van der Waals surface area contributed by atoms with Crippen LogP contribution in [0.3, 0.4) is 0 Å². The largest absolute Gasteiger partial charge is 0.392 e. The first kappa shape index (κ1) is 20.2. The molecule has 1 aliphatic rings. The third-order valence-electron chi connectivity index (χ3n) is 5.36. The van der Waals surface area contributed by atoms with Gasteiger partial charge in [-0.05, 0) is 24.1 Å². The van der Waals surface area contributed by atoms with Crippen molar-refractivity contribution >= 4 is 16.6 Å². The Balaban J connectivity index is 0.00000225. The molecule has 0 spiro atoms. The number of aliphatic hydroxyl groups is 1. The first-order valence-corrected chi connectivity index (χ1v) is 9.46. The zero-order chi connectivity index (χ0) is 18.8. The molecule has 2 aromatic carbocycles. The van der Waals surface area contributed by atoms with Crippen LogP contribution in [0.25, 0.3) is 22.0 Å². The second-order valence-corrected chi connectivity index (χ2v) is 6.94. The van der Waals surface area contributed by atoms with Gasteiger partial charge < -0.3 is 14.9 Å². The maximum atomic E-state index is 14.2. The van der Waals surface area contributed by atoms with Crippen molar-refractivity contribution in [3.05, 3.63) is 59.9 Å². The standard InChI is InChI=1S/C22H24FN3O.CH4/c1-2-25-9-11-26(12-10-25)22-19-6-4-3-5-16(19)14-21(24-22)17-7-8-18(15-27)20(23)13-17;/h3-8,13-14,27H,2,9-12,15H2,1H3;1H4. The van der Waals surface area contributed by atoms with E-state index in [1.54, 1.807) is 6.07 Å². The lowest BCUT2D eigenvalue weighted by atomic mass is 10.0. The fourth-order valence-corrected chi connectivity index (χ4v) is 3.68. The molecule has 1 fully saturated rings. The predicted octanol–water partition coefficient (Wildman–Crippen LogP) is 4.31. The lowest BCUT2D eigenvalue weighted by Crippen LogP contribution is -2.46. The minimum atomic E-state index is -0.400. The molecule has 1 aliphatic heterocycles. The second kappa shape index (κ2) is 8.67. The monoisotopic (exact) mass is 381 g/mol. The van der Waals surface area contributed by atoms with E-state index in [4.69, 9.17) is 4.98 Å². The van der Waals surface area contributed by atoms with E-state index in [2.05, 4.69) is 28.9 Å². The summed E-state index contributed by atoms with van der Waals surface area (Å²) in [4.78, 5) is 9.69. The number of anilines is 1. The molecule has 0 radical (unpaired) electrons. The molecule has 4 nitrogen and oxygen atoms in total. The van der Waals surface area contributed by atoms with Gasteiger partial charge in [0.25, 0.3) is 0 Å². The number of piperazine rings is 1. The third kappa shape index (κ3) is 3.86. The van der Waals surface area contributed by atoms with Crippen LogP contribution in [0.5, 0.6) is 0 Å². The molecule has 148 valence electrons. The molecule has 5 heteroatoms. The number of hydrogen-bond acceptors (Lipinski definition) is 4. The molecule has 0 atom stereocenters. The number of benzene rings is 2. The summed E-state index contributed by atoms with van der Waals surface area (Å²) < 4.78 is 14.2. The van der Waals surface area contributed by atoms with E-state index < -0.39 is 5.82 Å². The van der Waals surface area contributed by atoms with Gasteiger partial charge in [-0.1, -0.05) is 50.7 Å². The number of rotatable bonds is 4. The molecule has 0 unspecified atom stereocenters. The lowest BCUT2D eigenvalue weighted by Gasteiger charge is -2.35. The topological polar surface area (TPSA) is 39.6 Å². The Bertz CT molecular complexity index is 952. The highest BCUT2D eigenvalue weighted by Crippen LogP contribution is 2.31. The number of aliphatic hydroxyl groups excluding tert-OH is 1. The SMILES string of the molecule is C.CCN1CCN(c2nc(-c3ccc(CO)c(F)c3)cc3ccccc23)CC1. The van der Waals surface area contributed by atoms with E-state index in [0.717, 1.165) is 60.6 Å². The molecule has 1 saturated heterocycles. The Morgan fingerprint density at radius 3 is 2.46 bits per heavy atom. The van der Waals surface area contributed by atoms with Gasteiger partial charge in [0.2, 0.25) is 0 Å². The van der Waals surface area contributed by atoms with E-state index in [1.807, 2.05) is 24.3 Å². The van der Waals surface area contributed by atoms with Crippen LogP contribution in [0.1, 0.15) is 19.9 Å². The van der Waals surface area contributed by atoms with E-state index in [1.165, 1.54) is 6.07 Å². The molecular weight excluding hydrogens is 353 g/mol. The fourth-order valence-electron chi connectivity index (χ4n) is 3.68. The molecular formula is C23H28FN3O. The molecule has 2 heterocycles. The van der Waals surface area contributed by atoms with Crippen molar-refractivity contribution in [2.75, 3.05) is 37.6 Å². The summed E-state index contributed by atoms with van der Waals surface area (Å²) >= 11 is 0. The Labute approximate surface area is 166 Å². The molecule has 0 amide bonds. The normalized spacial score (nSPS) is 14.9. The van der Waals surface area contributed by atoms with Gasteiger partial charge in [0, 0.05) is 42.7 Å². The van der Waals surface area contributed by atoms with E-state index in [9.17, 15) is 9.50 Å². The van der Waals surface area contributed by atoms with Gasteiger partial charge in [-0.25, -0.2) is 9.37 Å². The van der Waals surface area contributed by atoms with Crippen molar-refractivity contribution in [1.29, 1.82) is 0 Å². The number of fused-ring (bicyclic) bond motifs is 1. The Morgan fingerprint density at radius 2 is 1.79 bits per heavy atom. The van der Waals surface area contributed by atoms with Crippen molar-refractivity contribution in [1.82, 2.24) is 9.88 Å². The number of hydrogen-bond donors (Lipinski definition) is 1. The van der Waals surface area contributed by atoms with Crippen molar-refractivity contribution in [3.63, 3.8) is 0 Å². The summed E-state index contributed by atoms with van der Waals surface area (Å²) in [6.45, 7) is 6.88. The van der Waals surface area contributed by atoms with Crippen LogP contribution in [-0.2, 0) is 6.61 Å². The highest BCUT2D eigenvalue weighted by molar-refractivity contribution is 5.95. The van der Waals surface area contributed by atoms with Crippen LogP contribution in [0.15, 0.2) is 48.5 Å². The van der Waals surface area contributed by atoms with Crippen LogP contribution in [0, 0.1) is 5.82 Å². The molecule has 0 saturated carbocycles. The number of halogens is 1. The summed E-state index contributed by atoms with van der Waals surface area (Å²) in [5.41, 5.74) is 1.78. The van der Waals surface area contributed by atoms with Crippen molar-refractivity contribution in [2.45, 2.75) is 21.0 Å². The van der Waals surface area contributed by atoms with Gasteiger partial charge in [-0.3, -0.25) is 0 Å². The van der Waals surface area contributed by atoms with Gasteiger partial charge in [-0.2, -0.15) is 0 Å². The molecule has 0 bridgehead atoms. The Hall–Kier alpha value is -2.50. The average molecular weight is 381 g/mol. The summed E-state index contributed by atoms with van der Waals surface area (Å²) in [7, 11) is 0. The quantitative estimate of drug-likeness (QED) is 0.731. The average Bonchev–Trinajstić information content (AvgIpc) is 2.73. The Morgan fingerprint density at radius 1 is 1.04 bits per heavy atom. The molecule has 3 aromatic rings. The van der Waals surface area contributed by atoms with Crippen LogP contribution in [0.2, 0.25) is 0 Å². The first-order valence-electron chi connectivity index (χ1n) is 9.46. The molecule has 1 aromatic heterocycles. The number of pyridine rings is 1. The Kier molecular flexibility index (Phi) is 6.27. The molecule has 4 rings (SSSR count). The maximum absolute atomic E-state index is 14.2. The minimum absolute atomic E-state index is 0. The van der Waals surface area contributed by atoms with Gasteiger partial charge in [0.15, 0.2) is 0 Å². The highest BCUT2D eigenvalue weighted by atomic mass is 19.1. The van der Waals surface area contributed by atoms with E-state index in [-0.39, 0.29) is 14.0 Å². The third-order valence-corrected chi connectivity index (χ3v) is 5.36. The molecule has 1 N–H and O–H groups in total. The number of aromatic nitrogens is 1. The zero-order valence-corrected chi connectivity index (χ0v) is 15.5. The molecule has 0 aliphatic carbocycles. The van der Waals surface area contributed by atoms with Crippen LogP contribution >= 0.6 is 0 Å². The van der Waals surface area contributed by atoms with Crippen molar-refractivity contribution in [2.24, 2.45) is 0 Å². The van der Waals surface area contributed by atoms with Crippen molar-refractivity contribution in [3.8, 4) is 11.3 Å².